The number of hydrogen-bond acceptors (Lipinski definition) is 4. The van der Waals surface area contributed by atoms with Crippen LogP contribution in [0.15, 0.2) is 30.3 Å². The summed E-state index contributed by atoms with van der Waals surface area (Å²) in [6.07, 6.45) is 1.96. The first-order valence-electron chi connectivity index (χ1n) is 9.56. The summed E-state index contributed by atoms with van der Waals surface area (Å²) in [6, 6.07) is 11.2. The fourth-order valence-corrected chi connectivity index (χ4v) is 3.89. The number of likely N-dealkylation sites (N-methyl/N-ethyl adjacent to an activating group) is 1. The van der Waals surface area contributed by atoms with Gasteiger partial charge in [-0.05, 0) is 25.3 Å². The van der Waals surface area contributed by atoms with E-state index in [9.17, 15) is 9.59 Å². The average Bonchev–Trinajstić information content (AvgIpc) is 2.65. The summed E-state index contributed by atoms with van der Waals surface area (Å²) < 4.78 is 0. The van der Waals surface area contributed by atoms with E-state index < -0.39 is 0 Å². The van der Waals surface area contributed by atoms with Crippen LogP contribution in [0.25, 0.3) is 0 Å². The zero-order chi connectivity index (χ0) is 18.5. The van der Waals surface area contributed by atoms with Gasteiger partial charge in [0.05, 0.1) is 13.1 Å². The quantitative estimate of drug-likeness (QED) is 0.851. The third kappa shape index (κ3) is 4.62. The minimum atomic E-state index is 0.0176. The van der Waals surface area contributed by atoms with Crippen molar-refractivity contribution in [3.63, 3.8) is 0 Å². The molecule has 2 saturated heterocycles. The van der Waals surface area contributed by atoms with Gasteiger partial charge in [0.1, 0.15) is 0 Å². The van der Waals surface area contributed by atoms with Gasteiger partial charge in [-0.3, -0.25) is 14.5 Å². The van der Waals surface area contributed by atoms with Crippen molar-refractivity contribution in [2.75, 3.05) is 39.8 Å². The first kappa shape index (κ1) is 18.9. The van der Waals surface area contributed by atoms with Crippen molar-refractivity contribution in [1.29, 1.82) is 0 Å². The van der Waals surface area contributed by atoms with Crippen molar-refractivity contribution < 1.29 is 9.59 Å². The second kappa shape index (κ2) is 8.64. The molecule has 1 aromatic rings. The van der Waals surface area contributed by atoms with E-state index in [1.807, 2.05) is 18.0 Å². The third-order valence-electron chi connectivity index (χ3n) is 5.67. The molecule has 2 heterocycles. The number of piperazine rings is 1. The van der Waals surface area contributed by atoms with Crippen LogP contribution in [0.4, 0.5) is 0 Å². The lowest BCUT2D eigenvalue weighted by Crippen LogP contribution is -2.54. The molecule has 3 rings (SSSR count). The topological polar surface area (TPSA) is 55.9 Å². The van der Waals surface area contributed by atoms with Gasteiger partial charge in [0, 0.05) is 45.3 Å². The molecule has 0 unspecified atom stereocenters. The van der Waals surface area contributed by atoms with E-state index in [-0.39, 0.29) is 24.4 Å². The van der Waals surface area contributed by atoms with Crippen LogP contribution in [0, 0.1) is 0 Å². The molecule has 6 nitrogen and oxygen atoms in total. The Kier molecular flexibility index (Phi) is 6.27. The summed E-state index contributed by atoms with van der Waals surface area (Å²) in [7, 11) is 1.89. The van der Waals surface area contributed by atoms with E-state index >= 15 is 0 Å². The van der Waals surface area contributed by atoms with Crippen molar-refractivity contribution in [3.05, 3.63) is 35.9 Å². The Labute approximate surface area is 156 Å². The first-order chi connectivity index (χ1) is 12.5. The lowest BCUT2D eigenvalue weighted by atomic mass is 9.96. The maximum atomic E-state index is 12.6. The van der Waals surface area contributed by atoms with Crippen LogP contribution >= 0.6 is 0 Å². The highest BCUT2D eigenvalue weighted by Gasteiger charge is 2.31. The van der Waals surface area contributed by atoms with E-state index in [1.54, 1.807) is 4.90 Å². The van der Waals surface area contributed by atoms with Gasteiger partial charge in [-0.15, -0.1) is 0 Å². The van der Waals surface area contributed by atoms with Gasteiger partial charge < -0.3 is 15.1 Å². The van der Waals surface area contributed by atoms with E-state index in [1.165, 1.54) is 5.56 Å². The Morgan fingerprint density at radius 1 is 1.27 bits per heavy atom. The molecule has 0 aliphatic carbocycles. The number of amides is 2. The third-order valence-corrected chi connectivity index (χ3v) is 5.67. The molecule has 2 atom stereocenters. The van der Waals surface area contributed by atoms with Crippen LogP contribution < -0.4 is 5.32 Å². The summed E-state index contributed by atoms with van der Waals surface area (Å²) in [4.78, 5) is 30.5. The fraction of sp³-hybridized carbons (Fsp3) is 0.600. The van der Waals surface area contributed by atoms with Gasteiger partial charge in [-0.1, -0.05) is 30.3 Å². The highest BCUT2D eigenvalue weighted by molar-refractivity contribution is 5.86. The zero-order valence-electron chi connectivity index (χ0n) is 15.9. The minimum Gasteiger partial charge on any atom is -0.341 e. The molecule has 2 fully saturated rings. The maximum Gasteiger partial charge on any atom is 0.242 e. The SMILES string of the molecule is C[C@@H]1C[C@@H](N(C)C(=O)CN2CCNCC2=O)CCN1Cc1ccccc1. The Hall–Kier alpha value is -1.92. The smallest absolute Gasteiger partial charge is 0.242 e. The van der Waals surface area contributed by atoms with Gasteiger partial charge in [0.15, 0.2) is 0 Å². The van der Waals surface area contributed by atoms with Gasteiger partial charge in [0.2, 0.25) is 11.8 Å². The monoisotopic (exact) mass is 358 g/mol. The molecule has 2 amide bonds. The van der Waals surface area contributed by atoms with Crippen molar-refractivity contribution in [1.82, 2.24) is 20.0 Å². The second-order valence-corrected chi connectivity index (χ2v) is 7.48. The van der Waals surface area contributed by atoms with Crippen LogP contribution in [0.2, 0.25) is 0 Å². The molecular weight excluding hydrogens is 328 g/mol. The van der Waals surface area contributed by atoms with E-state index in [0.29, 0.717) is 19.1 Å². The number of benzene rings is 1. The first-order valence-corrected chi connectivity index (χ1v) is 9.56. The Balaban J connectivity index is 1.51. The Bertz CT molecular complexity index is 621. The summed E-state index contributed by atoms with van der Waals surface area (Å²) in [5.41, 5.74) is 1.33. The number of carbonyl (C=O) groups is 2. The van der Waals surface area contributed by atoms with Crippen molar-refractivity contribution in [3.8, 4) is 0 Å². The van der Waals surface area contributed by atoms with Crippen LogP contribution in [0.3, 0.4) is 0 Å². The number of hydrogen-bond donors (Lipinski definition) is 1. The van der Waals surface area contributed by atoms with E-state index in [0.717, 1.165) is 32.5 Å². The lowest BCUT2D eigenvalue weighted by Gasteiger charge is -2.41. The standard InChI is InChI=1S/C20H30N4O2/c1-16-12-18(8-10-23(16)14-17-6-4-3-5-7-17)22(2)20(26)15-24-11-9-21-13-19(24)25/h3-7,16,18,21H,8-15H2,1-2H3/t16-,18+/m1/s1. The lowest BCUT2D eigenvalue weighted by molar-refractivity contribution is -0.142. The molecule has 0 aromatic heterocycles. The van der Waals surface area contributed by atoms with Gasteiger partial charge in [-0.25, -0.2) is 0 Å². The van der Waals surface area contributed by atoms with E-state index in [4.69, 9.17) is 0 Å². The molecule has 0 bridgehead atoms. The minimum absolute atomic E-state index is 0.0176. The molecule has 0 spiro atoms. The average molecular weight is 358 g/mol. The second-order valence-electron chi connectivity index (χ2n) is 7.48. The van der Waals surface area contributed by atoms with Crippen LogP contribution in [-0.4, -0.2) is 78.4 Å². The van der Waals surface area contributed by atoms with Crippen LogP contribution in [0.1, 0.15) is 25.3 Å². The molecule has 2 aliphatic rings. The predicted molar refractivity (Wildman–Crippen MR) is 102 cm³/mol. The van der Waals surface area contributed by atoms with E-state index in [2.05, 4.69) is 41.4 Å². The van der Waals surface area contributed by atoms with Crippen molar-refractivity contribution >= 4 is 11.8 Å². The summed E-state index contributed by atoms with van der Waals surface area (Å²) in [6.45, 7) is 6.11. The molecule has 1 aromatic carbocycles. The maximum absolute atomic E-state index is 12.6. The summed E-state index contributed by atoms with van der Waals surface area (Å²) in [5, 5.41) is 3.04. The highest BCUT2D eigenvalue weighted by Crippen LogP contribution is 2.23. The molecule has 142 valence electrons. The normalized spacial score (nSPS) is 24.5. The highest BCUT2D eigenvalue weighted by atomic mass is 16.2. The molecule has 6 heteroatoms. The van der Waals surface area contributed by atoms with Gasteiger partial charge >= 0.3 is 0 Å². The molecule has 0 radical (unpaired) electrons. The zero-order valence-corrected chi connectivity index (χ0v) is 15.9. The largest absolute Gasteiger partial charge is 0.341 e. The molecule has 26 heavy (non-hydrogen) atoms. The number of carbonyl (C=O) groups excluding carboxylic acids is 2. The molecule has 1 N–H and O–H groups in total. The van der Waals surface area contributed by atoms with Crippen molar-refractivity contribution in [2.24, 2.45) is 0 Å². The Morgan fingerprint density at radius 3 is 2.73 bits per heavy atom. The number of rotatable bonds is 5. The number of nitrogens with one attached hydrogen (secondary N) is 1. The van der Waals surface area contributed by atoms with Crippen LogP contribution in [0.5, 0.6) is 0 Å². The van der Waals surface area contributed by atoms with Gasteiger partial charge in [-0.2, -0.15) is 0 Å². The summed E-state index contributed by atoms with van der Waals surface area (Å²) in [5.74, 6) is 0.0676. The molecular formula is C20H30N4O2. The fourth-order valence-electron chi connectivity index (χ4n) is 3.89. The molecule has 2 aliphatic heterocycles. The Morgan fingerprint density at radius 2 is 2.04 bits per heavy atom. The number of piperidine rings is 1. The molecule has 0 saturated carbocycles. The predicted octanol–water partition coefficient (Wildman–Crippen LogP) is 0.930. The summed E-state index contributed by atoms with van der Waals surface area (Å²) >= 11 is 0. The number of nitrogens with zero attached hydrogens (tertiary/aromatic N) is 3. The number of likely N-dealkylation sites (tertiary alicyclic amines) is 1. The van der Waals surface area contributed by atoms with Crippen LogP contribution in [-0.2, 0) is 16.1 Å². The van der Waals surface area contributed by atoms with Crippen molar-refractivity contribution in [2.45, 2.75) is 38.4 Å². The van der Waals surface area contributed by atoms with Gasteiger partial charge in [0.25, 0.3) is 0 Å².